The predicted molar refractivity (Wildman–Crippen MR) is 99.9 cm³/mol. The van der Waals surface area contributed by atoms with Gasteiger partial charge in [0.25, 0.3) is 5.91 Å². The topological polar surface area (TPSA) is 71.4 Å². The van der Waals surface area contributed by atoms with Crippen LogP contribution in [-0.4, -0.2) is 19.1 Å². The van der Waals surface area contributed by atoms with Gasteiger partial charge in [0.1, 0.15) is 24.9 Å². The highest BCUT2D eigenvalue weighted by Gasteiger charge is 2.14. The van der Waals surface area contributed by atoms with E-state index in [2.05, 4.69) is 5.32 Å². The number of anilines is 1. The van der Waals surface area contributed by atoms with E-state index in [0.717, 1.165) is 11.1 Å². The number of amides is 1. The zero-order chi connectivity index (χ0) is 18.4. The molecule has 26 heavy (non-hydrogen) atoms. The van der Waals surface area contributed by atoms with Crippen molar-refractivity contribution >= 4 is 17.7 Å². The van der Waals surface area contributed by atoms with Crippen LogP contribution in [0.5, 0.6) is 11.5 Å². The van der Waals surface area contributed by atoms with Crippen molar-refractivity contribution in [2.45, 2.75) is 6.92 Å². The molecule has 0 unspecified atom stereocenters. The number of hydrogen-bond donors (Lipinski definition) is 1. The summed E-state index contributed by atoms with van der Waals surface area (Å²) in [5.74, 6) is 0.758. The van der Waals surface area contributed by atoms with Crippen LogP contribution in [0.3, 0.4) is 0 Å². The lowest BCUT2D eigenvalue weighted by Crippen LogP contribution is -2.17. The smallest absolute Gasteiger partial charge is 0.266 e. The third-order valence-corrected chi connectivity index (χ3v) is 3.73. The molecule has 0 spiro atoms. The van der Waals surface area contributed by atoms with E-state index in [1.807, 2.05) is 49.4 Å². The Balaban J connectivity index is 1.75. The van der Waals surface area contributed by atoms with Crippen molar-refractivity contribution in [3.8, 4) is 17.6 Å². The Kier molecular flexibility index (Phi) is 5.35. The number of nitrogens with one attached hydrogen (secondary N) is 1. The number of hydrogen-bond acceptors (Lipinski definition) is 4. The van der Waals surface area contributed by atoms with Gasteiger partial charge >= 0.3 is 0 Å². The average molecular weight is 346 g/mol. The maximum Gasteiger partial charge on any atom is 0.266 e. The van der Waals surface area contributed by atoms with E-state index in [4.69, 9.17) is 9.47 Å². The van der Waals surface area contributed by atoms with E-state index in [1.54, 1.807) is 24.3 Å². The summed E-state index contributed by atoms with van der Waals surface area (Å²) in [6.07, 6.45) is 3.48. The molecular formula is C21H18N2O3. The summed E-state index contributed by atoms with van der Waals surface area (Å²) in [7, 11) is 0. The van der Waals surface area contributed by atoms with Gasteiger partial charge in [-0.05, 0) is 36.3 Å². The Hall–Kier alpha value is -3.52. The number of nitrogens with zero attached hydrogens (tertiary/aromatic N) is 1. The molecular weight excluding hydrogens is 328 g/mol. The van der Waals surface area contributed by atoms with E-state index >= 15 is 0 Å². The van der Waals surface area contributed by atoms with Gasteiger partial charge in [-0.3, -0.25) is 4.79 Å². The molecule has 1 aliphatic rings. The Morgan fingerprint density at radius 3 is 2.58 bits per heavy atom. The zero-order valence-electron chi connectivity index (χ0n) is 14.4. The first-order valence-electron chi connectivity index (χ1n) is 8.22. The molecule has 1 N–H and O–H groups in total. The van der Waals surface area contributed by atoms with Crippen LogP contribution in [0.1, 0.15) is 12.5 Å². The van der Waals surface area contributed by atoms with Crippen LogP contribution in [-0.2, 0) is 4.79 Å². The van der Waals surface area contributed by atoms with Crippen LogP contribution in [0.2, 0.25) is 0 Å². The van der Waals surface area contributed by atoms with Crippen molar-refractivity contribution in [3.05, 3.63) is 71.3 Å². The fraction of sp³-hybridized carbons (Fsp3) is 0.143. The summed E-state index contributed by atoms with van der Waals surface area (Å²) < 4.78 is 11.0. The maximum atomic E-state index is 12.4. The Bertz CT molecular complexity index is 909. The highest BCUT2D eigenvalue weighted by atomic mass is 16.6. The minimum absolute atomic E-state index is 0.0320. The van der Waals surface area contributed by atoms with E-state index in [-0.39, 0.29) is 5.57 Å². The molecule has 0 aliphatic carbocycles. The average Bonchev–Trinajstić information content (AvgIpc) is 2.66. The number of fused-ring (bicyclic) bond motifs is 1. The molecule has 0 atom stereocenters. The highest BCUT2D eigenvalue weighted by Crippen LogP contribution is 2.32. The van der Waals surface area contributed by atoms with Gasteiger partial charge in [0.2, 0.25) is 0 Å². The van der Waals surface area contributed by atoms with Crippen LogP contribution in [0, 0.1) is 11.3 Å². The van der Waals surface area contributed by atoms with Gasteiger partial charge in [-0.1, -0.05) is 36.4 Å². The predicted octanol–water partition coefficient (Wildman–Crippen LogP) is 3.95. The molecule has 1 aliphatic heterocycles. The number of ether oxygens (including phenoxy) is 2. The molecule has 5 heteroatoms. The third-order valence-electron chi connectivity index (χ3n) is 3.73. The van der Waals surface area contributed by atoms with Gasteiger partial charge in [-0.2, -0.15) is 5.26 Å². The van der Waals surface area contributed by atoms with Crippen molar-refractivity contribution in [3.63, 3.8) is 0 Å². The third kappa shape index (κ3) is 4.31. The first-order chi connectivity index (χ1) is 12.7. The monoisotopic (exact) mass is 346 g/mol. The second-order valence-electron chi connectivity index (χ2n) is 5.78. The standard InChI is InChI=1S/C21H18N2O3/c1-15(11-16-5-3-2-4-6-16)12-17(14-22)21(24)23-18-7-8-19-20(13-18)26-10-9-25-19/h2-8,11-13H,9-10H2,1H3,(H,23,24)/b15-11-,17-12+. The molecule has 0 bridgehead atoms. The quantitative estimate of drug-likeness (QED) is 0.517. The normalized spacial score (nSPS) is 13.7. The minimum atomic E-state index is -0.468. The van der Waals surface area contributed by atoms with Crippen molar-refractivity contribution in [1.29, 1.82) is 5.26 Å². The molecule has 3 rings (SSSR count). The molecule has 130 valence electrons. The summed E-state index contributed by atoms with van der Waals surface area (Å²) in [6, 6.07) is 16.8. The molecule has 0 radical (unpaired) electrons. The first kappa shape index (κ1) is 17.3. The lowest BCUT2D eigenvalue weighted by molar-refractivity contribution is -0.112. The first-order valence-corrected chi connectivity index (χ1v) is 8.22. The second kappa shape index (κ2) is 8.04. The molecule has 2 aromatic rings. The Morgan fingerprint density at radius 1 is 1.12 bits per heavy atom. The Labute approximate surface area is 152 Å². The summed E-state index contributed by atoms with van der Waals surface area (Å²) in [6.45, 7) is 2.83. The maximum absolute atomic E-state index is 12.4. The Morgan fingerprint density at radius 2 is 1.85 bits per heavy atom. The molecule has 0 aromatic heterocycles. The second-order valence-corrected chi connectivity index (χ2v) is 5.78. The van der Waals surface area contributed by atoms with Crippen LogP contribution in [0.15, 0.2) is 65.8 Å². The van der Waals surface area contributed by atoms with Crippen LogP contribution < -0.4 is 14.8 Å². The van der Waals surface area contributed by atoms with Gasteiger partial charge in [0, 0.05) is 11.8 Å². The number of carbonyl (C=O) groups is 1. The van der Waals surface area contributed by atoms with E-state index in [9.17, 15) is 10.1 Å². The zero-order valence-corrected chi connectivity index (χ0v) is 14.4. The van der Waals surface area contributed by atoms with Crippen molar-refractivity contribution < 1.29 is 14.3 Å². The lowest BCUT2D eigenvalue weighted by Gasteiger charge is -2.18. The molecule has 0 saturated heterocycles. The summed E-state index contributed by atoms with van der Waals surface area (Å²) in [4.78, 5) is 12.4. The van der Waals surface area contributed by atoms with E-state index in [0.29, 0.717) is 30.4 Å². The van der Waals surface area contributed by atoms with E-state index < -0.39 is 5.91 Å². The fourth-order valence-electron chi connectivity index (χ4n) is 2.55. The van der Waals surface area contributed by atoms with Crippen molar-refractivity contribution in [2.75, 3.05) is 18.5 Å². The van der Waals surface area contributed by atoms with Crippen LogP contribution in [0.4, 0.5) is 5.69 Å². The largest absolute Gasteiger partial charge is 0.486 e. The van der Waals surface area contributed by atoms with Crippen LogP contribution in [0.25, 0.3) is 6.08 Å². The number of rotatable bonds is 4. The van der Waals surface area contributed by atoms with Crippen molar-refractivity contribution in [1.82, 2.24) is 0 Å². The number of benzene rings is 2. The summed E-state index contributed by atoms with van der Waals surface area (Å²) in [5.41, 5.74) is 2.39. The van der Waals surface area contributed by atoms with E-state index in [1.165, 1.54) is 0 Å². The highest BCUT2D eigenvalue weighted by molar-refractivity contribution is 6.07. The van der Waals surface area contributed by atoms with Crippen LogP contribution >= 0.6 is 0 Å². The SMILES string of the molecule is CC(=C/c1ccccc1)/C=C(\C#N)C(=O)Nc1ccc2c(c1)OCCO2. The molecule has 2 aromatic carbocycles. The van der Waals surface area contributed by atoms with Gasteiger partial charge < -0.3 is 14.8 Å². The van der Waals surface area contributed by atoms with Gasteiger partial charge in [-0.25, -0.2) is 0 Å². The molecule has 5 nitrogen and oxygen atoms in total. The molecule has 0 fully saturated rings. The fourth-order valence-corrected chi connectivity index (χ4v) is 2.55. The summed E-state index contributed by atoms with van der Waals surface area (Å²) >= 11 is 0. The lowest BCUT2D eigenvalue weighted by atomic mass is 10.1. The number of allylic oxidation sites excluding steroid dienone is 2. The number of nitriles is 1. The van der Waals surface area contributed by atoms with Crippen molar-refractivity contribution in [2.24, 2.45) is 0 Å². The molecule has 0 saturated carbocycles. The molecule has 1 amide bonds. The number of carbonyl (C=O) groups excluding carboxylic acids is 1. The minimum Gasteiger partial charge on any atom is -0.486 e. The van der Waals surface area contributed by atoms with Gasteiger partial charge in [0.05, 0.1) is 0 Å². The van der Waals surface area contributed by atoms with Gasteiger partial charge in [0.15, 0.2) is 11.5 Å². The molecule has 1 heterocycles. The van der Waals surface area contributed by atoms with Gasteiger partial charge in [-0.15, -0.1) is 0 Å². The summed E-state index contributed by atoms with van der Waals surface area (Å²) in [5, 5.41) is 12.1.